The van der Waals surface area contributed by atoms with Gasteiger partial charge in [-0.2, -0.15) is 5.10 Å². The van der Waals surface area contributed by atoms with Crippen molar-refractivity contribution in [2.24, 2.45) is 0 Å². The van der Waals surface area contributed by atoms with Crippen molar-refractivity contribution in [3.63, 3.8) is 0 Å². The summed E-state index contributed by atoms with van der Waals surface area (Å²) >= 11 is 0. The van der Waals surface area contributed by atoms with E-state index >= 15 is 0 Å². The summed E-state index contributed by atoms with van der Waals surface area (Å²) in [4.78, 5) is 2.35. The molecule has 0 amide bonds. The van der Waals surface area contributed by atoms with Crippen LogP contribution in [0, 0.1) is 0 Å². The Hall–Kier alpha value is -2.59. The number of nitrogens with zero attached hydrogens (tertiary/aromatic N) is 2. The van der Waals surface area contributed by atoms with E-state index in [1.807, 2.05) is 24.3 Å². The second-order valence-electron chi connectivity index (χ2n) is 6.68. The summed E-state index contributed by atoms with van der Waals surface area (Å²) in [6.45, 7) is 2.23. The monoisotopic (exact) mass is 333 g/mol. The summed E-state index contributed by atoms with van der Waals surface area (Å²) in [7, 11) is 2.17. The first-order valence-electron chi connectivity index (χ1n) is 8.84. The fourth-order valence-electron chi connectivity index (χ4n) is 3.24. The lowest BCUT2D eigenvalue weighted by Crippen LogP contribution is -2.35. The number of nitrogens with one attached hydrogen (secondary N) is 1. The molecule has 1 aliphatic heterocycles. The summed E-state index contributed by atoms with van der Waals surface area (Å²) in [5, 5.41) is 8.57. The van der Waals surface area contributed by atoms with Crippen LogP contribution in [0.15, 0.2) is 48.5 Å². The van der Waals surface area contributed by atoms with E-state index in [-0.39, 0.29) is 0 Å². The third-order valence-electron chi connectivity index (χ3n) is 4.78. The molecule has 1 N–H and O–H groups in total. The zero-order chi connectivity index (χ0) is 17.1. The van der Waals surface area contributed by atoms with Gasteiger partial charge in [-0.3, -0.25) is 5.10 Å². The molecule has 1 saturated heterocycles. The van der Waals surface area contributed by atoms with Gasteiger partial charge in [0.05, 0.1) is 11.2 Å². The quantitative estimate of drug-likeness (QED) is 0.778. The molecule has 1 aliphatic rings. The van der Waals surface area contributed by atoms with Crippen LogP contribution >= 0.6 is 0 Å². The van der Waals surface area contributed by atoms with Crippen molar-refractivity contribution in [1.29, 1.82) is 0 Å². The average molecular weight is 333 g/mol. The first-order chi connectivity index (χ1) is 12.3. The molecule has 0 unspecified atom stereocenters. The van der Waals surface area contributed by atoms with Crippen LogP contribution < -0.4 is 4.74 Å². The molecule has 3 aromatic rings. The predicted octanol–water partition coefficient (Wildman–Crippen LogP) is 4.21. The third kappa shape index (κ3) is 3.74. The second kappa shape index (κ2) is 7.11. The Morgan fingerprint density at radius 2 is 1.80 bits per heavy atom. The lowest BCUT2D eigenvalue weighted by molar-refractivity contribution is 0.114. The van der Waals surface area contributed by atoms with Crippen LogP contribution in [0.25, 0.3) is 23.1 Å². The van der Waals surface area contributed by atoms with Crippen molar-refractivity contribution in [2.45, 2.75) is 18.9 Å². The van der Waals surface area contributed by atoms with Crippen LogP contribution in [0.4, 0.5) is 0 Å². The maximum absolute atomic E-state index is 6.10. The number of rotatable bonds is 4. The number of aromatic amines is 1. The molecular formula is C21H23N3O. The Morgan fingerprint density at radius 3 is 2.60 bits per heavy atom. The predicted molar refractivity (Wildman–Crippen MR) is 103 cm³/mol. The Labute approximate surface area is 148 Å². The molecule has 2 aromatic carbocycles. The summed E-state index contributed by atoms with van der Waals surface area (Å²) in [6.07, 6.45) is 6.68. The number of para-hydroxylation sites is 1. The van der Waals surface area contributed by atoms with E-state index in [4.69, 9.17) is 4.74 Å². The minimum Gasteiger partial charge on any atom is -0.490 e. The number of fused-ring (bicyclic) bond motifs is 1. The Morgan fingerprint density at radius 1 is 1.04 bits per heavy atom. The van der Waals surface area contributed by atoms with Gasteiger partial charge in [0.15, 0.2) is 0 Å². The van der Waals surface area contributed by atoms with Crippen LogP contribution in [0.3, 0.4) is 0 Å². The lowest BCUT2D eigenvalue weighted by atomic mass is 10.1. The standard InChI is InChI=1S/C21H23N3O/c1-24-14-12-18(13-15-24)25-17-9-6-16(7-10-17)8-11-21-19-4-2-3-5-20(19)22-23-21/h2-11,18H,12-15H2,1H3,(H,22,23). The van der Waals surface area contributed by atoms with E-state index in [0.717, 1.165) is 53.8 Å². The molecule has 128 valence electrons. The van der Waals surface area contributed by atoms with Crippen molar-refractivity contribution < 1.29 is 4.74 Å². The molecule has 0 atom stereocenters. The fraction of sp³-hybridized carbons (Fsp3) is 0.286. The van der Waals surface area contributed by atoms with Crippen LogP contribution in [0.2, 0.25) is 0 Å². The van der Waals surface area contributed by atoms with Crippen LogP contribution in [-0.2, 0) is 0 Å². The highest BCUT2D eigenvalue weighted by Crippen LogP contribution is 2.21. The van der Waals surface area contributed by atoms with Crippen molar-refractivity contribution in [1.82, 2.24) is 15.1 Å². The number of piperidine rings is 1. The zero-order valence-electron chi connectivity index (χ0n) is 14.5. The van der Waals surface area contributed by atoms with Crippen molar-refractivity contribution in [3.8, 4) is 5.75 Å². The lowest BCUT2D eigenvalue weighted by Gasteiger charge is -2.29. The smallest absolute Gasteiger partial charge is 0.119 e. The van der Waals surface area contributed by atoms with E-state index in [2.05, 4.69) is 58.6 Å². The molecule has 2 heterocycles. The van der Waals surface area contributed by atoms with Crippen molar-refractivity contribution in [3.05, 3.63) is 59.8 Å². The molecule has 4 rings (SSSR count). The highest BCUT2D eigenvalue weighted by molar-refractivity contribution is 5.89. The van der Waals surface area contributed by atoms with Gasteiger partial charge in [0, 0.05) is 18.5 Å². The minimum absolute atomic E-state index is 0.341. The molecule has 4 heteroatoms. The van der Waals surface area contributed by atoms with E-state index in [0.29, 0.717) is 6.10 Å². The minimum atomic E-state index is 0.341. The Balaban J connectivity index is 1.42. The normalized spacial score (nSPS) is 16.7. The Bertz CT molecular complexity index is 858. The van der Waals surface area contributed by atoms with E-state index in [1.165, 1.54) is 0 Å². The van der Waals surface area contributed by atoms with E-state index in [9.17, 15) is 0 Å². The first kappa shape index (κ1) is 15.9. The van der Waals surface area contributed by atoms with Crippen LogP contribution in [0.5, 0.6) is 5.75 Å². The van der Waals surface area contributed by atoms with Crippen LogP contribution in [0.1, 0.15) is 24.1 Å². The van der Waals surface area contributed by atoms with Gasteiger partial charge in [0.1, 0.15) is 11.9 Å². The summed E-state index contributed by atoms with van der Waals surface area (Å²) in [5.74, 6) is 0.955. The number of H-pyrrole nitrogens is 1. The molecule has 0 saturated carbocycles. The third-order valence-corrected chi connectivity index (χ3v) is 4.78. The molecular weight excluding hydrogens is 310 g/mol. The van der Waals surface area contributed by atoms with Gasteiger partial charge in [-0.1, -0.05) is 36.4 Å². The number of benzene rings is 2. The van der Waals surface area contributed by atoms with Crippen molar-refractivity contribution in [2.75, 3.05) is 20.1 Å². The van der Waals surface area contributed by atoms with Gasteiger partial charge < -0.3 is 9.64 Å². The SMILES string of the molecule is CN1CCC(Oc2ccc(C=Cc3n[nH]c4ccccc34)cc2)CC1. The second-order valence-corrected chi connectivity index (χ2v) is 6.68. The molecule has 0 bridgehead atoms. The average Bonchev–Trinajstić information content (AvgIpc) is 3.06. The fourth-order valence-corrected chi connectivity index (χ4v) is 3.24. The molecule has 0 radical (unpaired) electrons. The van der Waals surface area contributed by atoms with E-state index in [1.54, 1.807) is 0 Å². The zero-order valence-corrected chi connectivity index (χ0v) is 14.5. The molecule has 1 aromatic heterocycles. The highest BCUT2D eigenvalue weighted by Gasteiger charge is 2.17. The van der Waals surface area contributed by atoms with Gasteiger partial charge in [-0.05, 0) is 49.7 Å². The molecule has 25 heavy (non-hydrogen) atoms. The van der Waals surface area contributed by atoms with Gasteiger partial charge in [0.25, 0.3) is 0 Å². The van der Waals surface area contributed by atoms with E-state index < -0.39 is 0 Å². The topological polar surface area (TPSA) is 41.1 Å². The number of likely N-dealkylation sites (tertiary alicyclic amines) is 1. The van der Waals surface area contributed by atoms with Crippen molar-refractivity contribution >= 4 is 23.1 Å². The number of hydrogen-bond donors (Lipinski definition) is 1. The molecule has 1 fully saturated rings. The number of hydrogen-bond acceptors (Lipinski definition) is 3. The number of aromatic nitrogens is 2. The maximum atomic E-state index is 6.10. The van der Waals surface area contributed by atoms with Crippen LogP contribution in [-0.4, -0.2) is 41.3 Å². The van der Waals surface area contributed by atoms with Gasteiger partial charge in [-0.25, -0.2) is 0 Å². The van der Waals surface area contributed by atoms with Gasteiger partial charge in [-0.15, -0.1) is 0 Å². The van der Waals surface area contributed by atoms with Gasteiger partial charge >= 0.3 is 0 Å². The van der Waals surface area contributed by atoms with Gasteiger partial charge in [0.2, 0.25) is 0 Å². The molecule has 0 spiro atoms. The highest BCUT2D eigenvalue weighted by atomic mass is 16.5. The summed E-state index contributed by atoms with van der Waals surface area (Å²) in [5.41, 5.74) is 3.16. The summed E-state index contributed by atoms with van der Waals surface area (Å²) < 4.78 is 6.10. The number of ether oxygens (including phenoxy) is 1. The first-order valence-corrected chi connectivity index (χ1v) is 8.84. The maximum Gasteiger partial charge on any atom is 0.119 e. The summed E-state index contributed by atoms with van der Waals surface area (Å²) in [6, 6.07) is 16.5. The largest absolute Gasteiger partial charge is 0.490 e. The Kier molecular flexibility index (Phi) is 4.53. The molecule has 4 nitrogen and oxygen atoms in total. The molecule has 0 aliphatic carbocycles.